The Labute approximate surface area is 125 Å². The van der Waals surface area contributed by atoms with Gasteiger partial charge in [0.2, 0.25) is 10.0 Å². The Morgan fingerprint density at radius 1 is 1.21 bits per heavy atom. The van der Waals surface area contributed by atoms with Crippen molar-refractivity contribution < 1.29 is 17.2 Å². The third-order valence-electron chi connectivity index (χ3n) is 2.16. The third-order valence-corrected chi connectivity index (χ3v) is 4.24. The monoisotopic (exact) mass is 378 g/mol. The van der Waals surface area contributed by atoms with Crippen molar-refractivity contribution in [2.24, 2.45) is 0 Å². The van der Waals surface area contributed by atoms with E-state index in [-0.39, 0.29) is 23.4 Å². The van der Waals surface area contributed by atoms with E-state index in [2.05, 4.69) is 26.0 Å². The van der Waals surface area contributed by atoms with Gasteiger partial charge in [0.1, 0.15) is 16.5 Å². The molecule has 2 N–H and O–H groups in total. The Morgan fingerprint density at radius 3 is 2.42 bits per heavy atom. The third kappa shape index (κ3) is 5.31. The van der Waals surface area contributed by atoms with E-state index < -0.39 is 26.6 Å². The zero-order chi connectivity index (χ0) is 13.8. The summed E-state index contributed by atoms with van der Waals surface area (Å²) in [5, 5.41) is 2.86. The highest BCUT2D eigenvalue weighted by Crippen LogP contribution is 2.23. The summed E-state index contributed by atoms with van der Waals surface area (Å²) in [5.41, 5.74) is 0. The van der Waals surface area contributed by atoms with E-state index in [1.54, 1.807) is 7.05 Å². The smallest absolute Gasteiger partial charge is 0.243 e. The number of halogens is 4. The molecule has 0 bridgehead atoms. The van der Waals surface area contributed by atoms with E-state index in [0.29, 0.717) is 19.0 Å². The van der Waals surface area contributed by atoms with E-state index in [9.17, 15) is 17.2 Å². The molecule has 0 spiro atoms. The molecule has 9 heteroatoms. The molecule has 4 nitrogen and oxygen atoms in total. The lowest BCUT2D eigenvalue weighted by atomic mass is 10.3. The number of hydrogen-bond acceptors (Lipinski definition) is 3. The van der Waals surface area contributed by atoms with Gasteiger partial charge in [-0.3, -0.25) is 0 Å². The molecular formula is C10H14BrClF2N2O2S. The van der Waals surface area contributed by atoms with E-state index in [1.807, 2.05) is 0 Å². The maximum Gasteiger partial charge on any atom is 0.243 e. The lowest BCUT2D eigenvalue weighted by Crippen LogP contribution is -2.27. The first-order chi connectivity index (χ1) is 8.38. The molecular weight excluding hydrogens is 366 g/mol. The number of sulfonamides is 1. The fraction of sp³-hybridized carbons (Fsp3) is 0.400. The first-order valence-electron chi connectivity index (χ1n) is 5.17. The average molecular weight is 380 g/mol. The van der Waals surface area contributed by atoms with E-state index in [4.69, 9.17) is 0 Å². The second kappa shape index (κ2) is 8.11. The molecule has 0 unspecified atom stereocenters. The summed E-state index contributed by atoms with van der Waals surface area (Å²) in [4.78, 5) is -0.569. The summed E-state index contributed by atoms with van der Waals surface area (Å²) in [5.74, 6) is -1.96. The van der Waals surface area contributed by atoms with Gasteiger partial charge in [-0.1, -0.05) is 0 Å². The number of hydrogen-bond donors (Lipinski definition) is 2. The summed E-state index contributed by atoms with van der Waals surface area (Å²) in [6, 6.07) is 1.44. The summed E-state index contributed by atoms with van der Waals surface area (Å²) in [7, 11) is -2.22. The maximum absolute atomic E-state index is 13.4. The maximum atomic E-state index is 13.4. The lowest BCUT2D eigenvalue weighted by Gasteiger charge is -2.08. The van der Waals surface area contributed by atoms with Crippen molar-refractivity contribution in [3.8, 4) is 0 Å². The minimum Gasteiger partial charge on any atom is -0.320 e. The summed E-state index contributed by atoms with van der Waals surface area (Å²) < 4.78 is 52.1. The van der Waals surface area contributed by atoms with E-state index in [1.165, 1.54) is 0 Å². The van der Waals surface area contributed by atoms with Crippen LogP contribution >= 0.6 is 28.3 Å². The fourth-order valence-electron chi connectivity index (χ4n) is 1.26. The van der Waals surface area contributed by atoms with Crippen molar-refractivity contribution in [3.63, 3.8) is 0 Å². The molecule has 0 aliphatic heterocycles. The molecule has 0 aliphatic rings. The predicted octanol–water partition coefficient (Wildman–Crippen LogP) is 2.04. The van der Waals surface area contributed by atoms with E-state index in [0.717, 1.165) is 6.07 Å². The van der Waals surface area contributed by atoms with Gasteiger partial charge in [0.25, 0.3) is 0 Å². The largest absolute Gasteiger partial charge is 0.320 e. The lowest BCUT2D eigenvalue weighted by molar-refractivity contribution is 0.539. The van der Waals surface area contributed by atoms with Crippen LogP contribution in [0, 0.1) is 11.6 Å². The summed E-state index contributed by atoms with van der Waals surface area (Å²) in [6.07, 6.45) is 0.569. The quantitative estimate of drug-likeness (QED) is 0.587. The molecule has 1 aromatic rings. The zero-order valence-electron chi connectivity index (χ0n) is 10.0. The van der Waals surface area contributed by atoms with Gasteiger partial charge in [-0.05, 0) is 42.0 Å². The normalized spacial score (nSPS) is 11.2. The number of nitrogens with one attached hydrogen (secondary N) is 2. The van der Waals surface area contributed by atoms with Gasteiger partial charge in [-0.25, -0.2) is 21.9 Å². The number of rotatable bonds is 6. The molecule has 0 aromatic heterocycles. The van der Waals surface area contributed by atoms with Crippen molar-refractivity contribution in [1.29, 1.82) is 0 Å². The molecule has 1 rings (SSSR count). The Balaban J connectivity index is 0.00000324. The van der Waals surface area contributed by atoms with E-state index >= 15 is 0 Å². The molecule has 0 radical (unpaired) electrons. The Bertz CT molecular complexity index is 529. The number of benzene rings is 1. The first kappa shape index (κ1) is 18.7. The first-order valence-corrected chi connectivity index (χ1v) is 7.45. The average Bonchev–Trinajstić information content (AvgIpc) is 2.29. The van der Waals surface area contributed by atoms with Gasteiger partial charge in [0.05, 0.1) is 4.47 Å². The van der Waals surface area contributed by atoms with Gasteiger partial charge in [0, 0.05) is 12.6 Å². The Hall–Kier alpha value is -0.280. The molecule has 19 heavy (non-hydrogen) atoms. The van der Waals surface area contributed by atoms with Gasteiger partial charge in [0.15, 0.2) is 0 Å². The van der Waals surface area contributed by atoms with Gasteiger partial charge in [-0.15, -0.1) is 12.4 Å². The topological polar surface area (TPSA) is 58.2 Å². The second-order valence-corrected chi connectivity index (χ2v) is 6.14. The molecule has 0 aliphatic carbocycles. The highest BCUT2D eigenvalue weighted by Gasteiger charge is 2.20. The molecule has 0 amide bonds. The van der Waals surface area contributed by atoms with Crippen molar-refractivity contribution >= 4 is 38.4 Å². The van der Waals surface area contributed by atoms with Crippen LogP contribution in [0.5, 0.6) is 0 Å². The van der Waals surface area contributed by atoms with Crippen LogP contribution in [0.2, 0.25) is 0 Å². The minimum absolute atomic E-state index is 0. The molecule has 110 valence electrons. The molecule has 0 atom stereocenters. The molecule has 0 heterocycles. The zero-order valence-corrected chi connectivity index (χ0v) is 13.3. The van der Waals surface area contributed by atoms with Crippen molar-refractivity contribution in [1.82, 2.24) is 10.0 Å². The van der Waals surface area contributed by atoms with Crippen molar-refractivity contribution in [2.75, 3.05) is 20.1 Å². The van der Waals surface area contributed by atoms with Crippen molar-refractivity contribution in [2.45, 2.75) is 11.3 Å². The summed E-state index contributed by atoms with van der Waals surface area (Å²) in [6.45, 7) is 0.815. The van der Waals surface area contributed by atoms with Crippen LogP contribution in [0.1, 0.15) is 6.42 Å². The SMILES string of the molecule is CNCCCNS(=O)(=O)c1cc(Br)c(F)cc1F.Cl. The Morgan fingerprint density at radius 2 is 1.84 bits per heavy atom. The summed E-state index contributed by atoms with van der Waals surface area (Å²) >= 11 is 2.82. The molecule has 1 aromatic carbocycles. The molecule has 0 saturated carbocycles. The van der Waals surface area contributed by atoms with Gasteiger partial charge in [-0.2, -0.15) is 0 Å². The van der Waals surface area contributed by atoms with Crippen LogP contribution in [0.15, 0.2) is 21.5 Å². The standard InChI is InChI=1S/C10H13BrF2N2O2S.ClH/c1-14-3-2-4-15-18(16,17)10-5-7(11)8(12)6-9(10)13;/h5-6,14-15H,2-4H2,1H3;1H. The van der Waals surface area contributed by atoms with Crippen LogP contribution in [0.25, 0.3) is 0 Å². The highest BCUT2D eigenvalue weighted by molar-refractivity contribution is 9.10. The van der Waals surface area contributed by atoms with Crippen LogP contribution < -0.4 is 10.0 Å². The van der Waals surface area contributed by atoms with Crippen molar-refractivity contribution in [3.05, 3.63) is 28.2 Å². The van der Waals surface area contributed by atoms with Crippen LogP contribution in [-0.2, 0) is 10.0 Å². The van der Waals surface area contributed by atoms with Crippen LogP contribution in [0.3, 0.4) is 0 Å². The van der Waals surface area contributed by atoms with Gasteiger partial charge < -0.3 is 5.32 Å². The highest BCUT2D eigenvalue weighted by atomic mass is 79.9. The molecule has 0 saturated heterocycles. The molecule has 0 fully saturated rings. The minimum atomic E-state index is -3.96. The second-order valence-electron chi connectivity index (χ2n) is 3.55. The van der Waals surface area contributed by atoms with Crippen LogP contribution in [-0.4, -0.2) is 28.6 Å². The van der Waals surface area contributed by atoms with Crippen LogP contribution in [0.4, 0.5) is 8.78 Å². The fourth-order valence-corrected chi connectivity index (χ4v) is 2.91. The predicted molar refractivity (Wildman–Crippen MR) is 75.0 cm³/mol. The van der Waals surface area contributed by atoms with Gasteiger partial charge >= 0.3 is 0 Å². The Kier molecular flexibility index (Phi) is 7.99.